The lowest BCUT2D eigenvalue weighted by Crippen LogP contribution is -2.49. The van der Waals surface area contributed by atoms with E-state index in [1.165, 1.54) is 19.4 Å². The first-order valence-corrected chi connectivity index (χ1v) is 24.5. The molecule has 8 heterocycles. The molecule has 4 saturated heterocycles. The standard InChI is InChI=1S/C28H36N6O4.C23H28N6O2/c1-28(2,3)38-27(35)33-10-7-20(8-11-33)19-31-12-14-32(15-13-31)25-16-21(6-9-29-25)26-24-17-23(34(36)37)5-4-22(24)18-30-26;30-29(31)20-2-1-19-15-26-23(21(19)14-20)18-5-8-25-22(13-18)28-11-9-27(10-12-28)16-17-3-6-24-7-4-17/h4-6,9,16-17,20H,7-8,10-15,18-19H2,1-3H3;1-2,5,8,13-14,17,24H,3-4,6-7,9-12,15-16H2. The van der Waals surface area contributed by atoms with Crippen LogP contribution in [0.5, 0.6) is 0 Å². The summed E-state index contributed by atoms with van der Waals surface area (Å²) >= 11 is 0. The Morgan fingerprint density at radius 3 is 1.52 bits per heavy atom. The second kappa shape index (κ2) is 21.1. The Balaban J connectivity index is 0.000000175. The van der Waals surface area contributed by atoms with E-state index in [0.717, 1.165) is 160 Å². The number of amides is 1. The van der Waals surface area contributed by atoms with E-state index < -0.39 is 5.60 Å². The van der Waals surface area contributed by atoms with Crippen molar-refractivity contribution in [2.24, 2.45) is 21.8 Å². The number of carbonyl (C=O) groups excluding carboxylic acids is 1. The zero-order valence-corrected chi connectivity index (χ0v) is 40.1. The van der Waals surface area contributed by atoms with E-state index >= 15 is 0 Å². The number of ether oxygens (including phenoxy) is 1. The van der Waals surface area contributed by atoms with Gasteiger partial charge in [-0.2, -0.15) is 0 Å². The van der Waals surface area contributed by atoms with Crippen LogP contribution in [0.2, 0.25) is 0 Å². The normalized spacial score (nSPS) is 19.3. The van der Waals surface area contributed by atoms with Crippen LogP contribution in [0, 0.1) is 32.1 Å². The van der Waals surface area contributed by atoms with Crippen LogP contribution in [-0.4, -0.2) is 149 Å². The molecule has 1 N–H and O–H groups in total. The molecule has 0 aliphatic carbocycles. The molecule has 69 heavy (non-hydrogen) atoms. The molecule has 6 aliphatic rings. The summed E-state index contributed by atoms with van der Waals surface area (Å²) in [7, 11) is 0. The number of likely N-dealkylation sites (tertiary alicyclic amines) is 1. The number of benzene rings is 2. The summed E-state index contributed by atoms with van der Waals surface area (Å²) in [6.45, 7) is 20.6. The maximum Gasteiger partial charge on any atom is 0.410 e. The van der Waals surface area contributed by atoms with Gasteiger partial charge in [-0.3, -0.25) is 40.0 Å². The van der Waals surface area contributed by atoms with Gasteiger partial charge in [-0.25, -0.2) is 14.8 Å². The second-order valence-electron chi connectivity index (χ2n) is 20.0. The molecule has 364 valence electrons. The van der Waals surface area contributed by atoms with Crippen molar-refractivity contribution in [3.63, 3.8) is 0 Å². The number of anilines is 2. The first kappa shape index (κ1) is 47.7. The molecule has 18 nitrogen and oxygen atoms in total. The van der Waals surface area contributed by atoms with Gasteiger partial charge in [0.1, 0.15) is 17.2 Å². The highest BCUT2D eigenvalue weighted by Gasteiger charge is 2.30. The van der Waals surface area contributed by atoms with Gasteiger partial charge < -0.3 is 24.8 Å². The predicted molar refractivity (Wildman–Crippen MR) is 267 cm³/mol. The minimum atomic E-state index is -0.461. The Morgan fingerprint density at radius 1 is 0.638 bits per heavy atom. The first-order chi connectivity index (χ1) is 33.3. The zero-order valence-electron chi connectivity index (χ0n) is 40.1. The number of piperazine rings is 2. The highest BCUT2D eigenvalue weighted by atomic mass is 16.6. The molecule has 18 heteroatoms. The molecule has 4 fully saturated rings. The van der Waals surface area contributed by atoms with Gasteiger partial charge in [0.05, 0.1) is 34.4 Å². The summed E-state index contributed by atoms with van der Waals surface area (Å²) in [6, 6.07) is 18.0. The van der Waals surface area contributed by atoms with Gasteiger partial charge in [0.25, 0.3) is 11.4 Å². The Bertz CT molecular complexity index is 2570. The number of carbonyl (C=O) groups is 1. The molecule has 6 aliphatic heterocycles. The van der Waals surface area contributed by atoms with Crippen molar-refractivity contribution in [1.29, 1.82) is 0 Å². The van der Waals surface area contributed by atoms with Crippen LogP contribution in [0.3, 0.4) is 0 Å². The molecule has 0 spiro atoms. The van der Waals surface area contributed by atoms with E-state index in [1.807, 2.05) is 50.1 Å². The predicted octanol–water partition coefficient (Wildman–Crippen LogP) is 6.57. The van der Waals surface area contributed by atoms with Gasteiger partial charge in [-0.1, -0.05) is 0 Å². The molecule has 0 radical (unpaired) electrons. The van der Waals surface area contributed by atoms with Gasteiger partial charge in [-0.05, 0) is 119 Å². The highest BCUT2D eigenvalue weighted by molar-refractivity contribution is 6.16. The van der Waals surface area contributed by atoms with Crippen LogP contribution < -0.4 is 15.1 Å². The summed E-state index contributed by atoms with van der Waals surface area (Å²) in [6.07, 6.45) is 7.99. The molecule has 1 amide bonds. The third-order valence-corrected chi connectivity index (χ3v) is 14.1. The first-order valence-electron chi connectivity index (χ1n) is 24.5. The number of nitro benzene ring substituents is 2. The maximum atomic E-state index is 12.3. The Hall–Kier alpha value is -6.37. The van der Waals surface area contributed by atoms with Crippen LogP contribution in [-0.2, 0) is 17.8 Å². The van der Waals surface area contributed by atoms with Crippen molar-refractivity contribution < 1.29 is 19.4 Å². The number of nitro groups is 2. The van der Waals surface area contributed by atoms with Crippen molar-refractivity contribution in [2.45, 2.75) is 65.1 Å². The Labute approximate surface area is 403 Å². The Kier molecular flexibility index (Phi) is 14.6. The van der Waals surface area contributed by atoms with Gasteiger partial charge in [0, 0.05) is 137 Å². The molecule has 4 aromatic rings. The fraction of sp³-hybridized carbons (Fsp3) is 0.510. The van der Waals surface area contributed by atoms with Crippen LogP contribution in [0.15, 0.2) is 83.0 Å². The lowest BCUT2D eigenvalue weighted by molar-refractivity contribution is -0.385. The molecule has 0 atom stereocenters. The average Bonchev–Trinajstić information content (AvgIpc) is 3.99. The molecule has 0 unspecified atom stereocenters. The zero-order chi connectivity index (χ0) is 48.1. The van der Waals surface area contributed by atoms with Crippen molar-refractivity contribution in [3.05, 3.63) is 127 Å². The quantitative estimate of drug-likeness (QED) is 0.133. The fourth-order valence-electron chi connectivity index (χ4n) is 10.3. The number of nitrogens with one attached hydrogen (secondary N) is 1. The van der Waals surface area contributed by atoms with Crippen LogP contribution >= 0.6 is 0 Å². The summed E-state index contributed by atoms with van der Waals surface area (Å²) in [5.74, 6) is 3.28. The maximum absolute atomic E-state index is 12.3. The largest absolute Gasteiger partial charge is 0.444 e. The van der Waals surface area contributed by atoms with E-state index in [1.54, 1.807) is 36.5 Å². The van der Waals surface area contributed by atoms with E-state index in [2.05, 4.69) is 57.0 Å². The molecule has 2 aromatic heterocycles. The van der Waals surface area contributed by atoms with Gasteiger partial charge in [-0.15, -0.1) is 0 Å². The van der Waals surface area contributed by atoms with E-state index in [9.17, 15) is 25.0 Å². The van der Waals surface area contributed by atoms with E-state index in [0.29, 0.717) is 19.0 Å². The second-order valence-corrected chi connectivity index (χ2v) is 20.0. The fourth-order valence-corrected chi connectivity index (χ4v) is 10.3. The number of fused-ring (bicyclic) bond motifs is 2. The van der Waals surface area contributed by atoms with Gasteiger partial charge in [0.2, 0.25) is 0 Å². The van der Waals surface area contributed by atoms with Crippen molar-refractivity contribution in [1.82, 2.24) is 30.0 Å². The number of non-ortho nitro benzene ring substituents is 2. The number of hydrogen-bond acceptors (Lipinski definition) is 15. The third kappa shape index (κ3) is 11.7. The highest BCUT2D eigenvalue weighted by Crippen LogP contribution is 2.31. The van der Waals surface area contributed by atoms with Crippen LogP contribution in [0.25, 0.3) is 0 Å². The van der Waals surface area contributed by atoms with E-state index in [-0.39, 0.29) is 27.3 Å². The van der Waals surface area contributed by atoms with Crippen molar-refractivity contribution in [3.8, 4) is 0 Å². The minimum Gasteiger partial charge on any atom is -0.444 e. The lowest BCUT2D eigenvalue weighted by Gasteiger charge is -2.39. The number of rotatable bonds is 10. The molecular weight excluding hydrogens is 877 g/mol. The van der Waals surface area contributed by atoms with Crippen molar-refractivity contribution in [2.75, 3.05) is 101 Å². The monoisotopic (exact) mass is 941 g/mol. The van der Waals surface area contributed by atoms with Gasteiger partial charge >= 0.3 is 6.09 Å². The summed E-state index contributed by atoms with van der Waals surface area (Å²) in [5, 5.41) is 25.9. The summed E-state index contributed by atoms with van der Waals surface area (Å²) < 4.78 is 5.52. The number of aromatic nitrogens is 2. The minimum absolute atomic E-state index is 0.0827. The number of nitrogens with zero attached hydrogens (tertiary/aromatic N) is 11. The molecule has 0 saturated carbocycles. The average molecular weight is 941 g/mol. The lowest BCUT2D eigenvalue weighted by atomic mass is 9.96. The summed E-state index contributed by atoms with van der Waals surface area (Å²) in [4.78, 5) is 64.3. The molecule has 0 bridgehead atoms. The molecule has 2 aromatic carbocycles. The van der Waals surface area contributed by atoms with E-state index in [4.69, 9.17) is 4.74 Å². The van der Waals surface area contributed by atoms with Crippen LogP contribution in [0.1, 0.15) is 79.8 Å². The smallest absolute Gasteiger partial charge is 0.410 e. The number of piperidine rings is 2. The number of hydrogen-bond donors (Lipinski definition) is 1. The number of aliphatic imine (C=N–C) groups is 2. The van der Waals surface area contributed by atoms with Crippen LogP contribution in [0.4, 0.5) is 27.8 Å². The summed E-state index contributed by atoms with van der Waals surface area (Å²) in [5.41, 5.74) is 6.99. The van der Waals surface area contributed by atoms with Gasteiger partial charge in [0.15, 0.2) is 0 Å². The third-order valence-electron chi connectivity index (χ3n) is 14.1. The topological polar surface area (TPSA) is 191 Å². The van der Waals surface area contributed by atoms with Crippen molar-refractivity contribution >= 4 is 40.5 Å². The molecular formula is C51H64N12O6. The Morgan fingerprint density at radius 2 is 1.09 bits per heavy atom. The SMILES string of the molecule is CC(C)(C)OC(=O)N1CCC(CN2CCN(c3cc(C4=NCc5ccc([N+](=O)[O-])cc54)ccn3)CC2)CC1.O=[N+]([O-])c1ccc2c(c1)C(c1ccnc(N3CCN(CC4CCNCC4)CC3)c1)=NC2. The number of pyridine rings is 2. The molecule has 10 rings (SSSR count).